The quantitative estimate of drug-likeness (QED) is 0.209. The third-order valence-corrected chi connectivity index (χ3v) is 5.94. The first-order chi connectivity index (χ1) is 14.2. The van der Waals surface area contributed by atoms with E-state index in [4.69, 9.17) is 0 Å². The van der Waals surface area contributed by atoms with Gasteiger partial charge in [-0.2, -0.15) is 0 Å². The summed E-state index contributed by atoms with van der Waals surface area (Å²) in [5.41, 5.74) is 6.95. The third-order valence-electron chi connectivity index (χ3n) is 5.94. The Labute approximate surface area is 183 Å². The van der Waals surface area contributed by atoms with Gasteiger partial charge in [0.15, 0.2) is 7.28 Å². The lowest BCUT2D eigenvalue weighted by atomic mass is 9.57. The van der Waals surface area contributed by atoms with Crippen molar-refractivity contribution in [2.24, 2.45) is 0 Å². The van der Waals surface area contributed by atoms with Crippen molar-refractivity contribution in [3.63, 3.8) is 0 Å². The molecule has 30 heavy (non-hydrogen) atoms. The average Bonchev–Trinajstić information content (AvgIpc) is 2.66. The van der Waals surface area contributed by atoms with E-state index in [1.807, 2.05) is 0 Å². The number of fused-ring (bicyclic) bond motifs is 1. The number of allylic oxidation sites excluding steroid dienone is 3. The number of hydrogen-bond acceptors (Lipinski definition) is 1. The van der Waals surface area contributed by atoms with Crippen LogP contribution in [0.2, 0.25) is 0 Å². The number of unbranched alkanes of at least 4 members (excludes halogenated alkanes) is 2. The first kappa shape index (κ1) is 24.4. The van der Waals surface area contributed by atoms with Crippen LogP contribution in [0.1, 0.15) is 81.9 Å². The molecule has 2 rings (SSSR count). The van der Waals surface area contributed by atoms with Gasteiger partial charge in [0.1, 0.15) is 0 Å². The first-order valence-corrected chi connectivity index (χ1v) is 11.5. The maximum absolute atomic E-state index is 13.2. The van der Waals surface area contributed by atoms with Gasteiger partial charge in [-0.05, 0) is 74.0 Å². The molecule has 1 aromatic rings. The fraction of sp³-hybridized carbons (Fsp3) is 0.538. The van der Waals surface area contributed by atoms with Gasteiger partial charge in [-0.3, -0.25) is 0 Å². The molecule has 0 saturated heterocycles. The Bertz CT molecular complexity index is 748. The van der Waals surface area contributed by atoms with Crippen molar-refractivity contribution in [2.45, 2.75) is 89.8 Å². The van der Waals surface area contributed by atoms with Crippen molar-refractivity contribution < 1.29 is 8.78 Å². The van der Waals surface area contributed by atoms with Crippen LogP contribution in [-0.2, 0) is 12.7 Å². The Kier molecular flexibility index (Phi) is 9.39. The van der Waals surface area contributed by atoms with E-state index in [2.05, 4.69) is 50.2 Å². The largest absolute Gasteiger partial charge is 0.393 e. The summed E-state index contributed by atoms with van der Waals surface area (Å²) in [7, 11) is 0.930. The van der Waals surface area contributed by atoms with Gasteiger partial charge in [0.2, 0.25) is 0 Å². The highest BCUT2D eigenvalue weighted by Crippen LogP contribution is 2.30. The second-order valence-electron chi connectivity index (χ2n) is 9.04. The standard InChI is InChI=1S/C26H38BF2N/c1-6-7-8-11-19(2)12-9-13-20(3)23-15-10-14-22-16-25(27-18-24(22)23)30-21(4)17-26(5,28)29/h10,14-15,25,27,30H,2-4,6-9,11-13,16-18H2,1,5H3. The van der Waals surface area contributed by atoms with Gasteiger partial charge in [0.05, 0.1) is 6.42 Å². The predicted molar refractivity (Wildman–Crippen MR) is 128 cm³/mol. The topological polar surface area (TPSA) is 12.0 Å². The molecule has 164 valence electrons. The number of benzene rings is 1. The molecule has 1 heterocycles. The van der Waals surface area contributed by atoms with E-state index in [1.165, 1.54) is 47.1 Å². The van der Waals surface area contributed by atoms with Crippen LogP contribution in [0.15, 0.2) is 49.2 Å². The number of halogens is 2. The SMILES string of the molecule is C=C(CCCCC)CCCC(=C)c1cccc2c1CBC(NC(=C)CC(C)(F)F)C2. The Hall–Kier alpha value is -1.84. The normalized spacial score (nSPS) is 15.8. The number of rotatable bonds is 13. The van der Waals surface area contributed by atoms with Gasteiger partial charge < -0.3 is 5.32 Å². The molecule has 1 aromatic carbocycles. The van der Waals surface area contributed by atoms with E-state index in [-0.39, 0.29) is 12.4 Å². The lowest BCUT2D eigenvalue weighted by Crippen LogP contribution is -2.41. The maximum Gasteiger partial charge on any atom is 0.250 e. The molecule has 0 aromatic heterocycles. The van der Waals surface area contributed by atoms with Crippen LogP contribution < -0.4 is 5.32 Å². The highest BCUT2D eigenvalue weighted by molar-refractivity contribution is 6.38. The first-order valence-electron chi connectivity index (χ1n) is 11.5. The molecule has 0 saturated carbocycles. The van der Waals surface area contributed by atoms with Crippen LogP contribution in [0, 0.1) is 0 Å². The Morgan fingerprint density at radius 1 is 1.13 bits per heavy atom. The Morgan fingerprint density at radius 3 is 2.57 bits per heavy atom. The van der Waals surface area contributed by atoms with Crippen molar-refractivity contribution in [1.29, 1.82) is 0 Å². The molecule has 1 atom stereocenters. The van der Waals surface area contributed by atoms with E-state index < -0.39 is 5.92 Å². The highest BCUT2D eigenvalue weighted by atomic mass is 19.3. The molecule has 1 unspecified atom stereocenters. The third kappa shape index (κ3) is 8.12. The average molecular weight is 413 g/mol. The van der Waals surface area contributed by atoms with Crippen LogP contribution in [0.4, 0.5) is 8.78 Å². The van der Waals surface area contributed by atoms with Gasteiger partial charge >= 0.3 is 0 Å². The van der Waals surface area contributed by atoms with Crippen molar-refractivity contribution in [2.75, 3.05) is 0 Å². The Morgan fingerprint density at radius 2 is 1.87 bits per heavy atom. The fourth-order valence-electron chi connectivity index (χ4n) is 4.41. The van der Waals surface area contributed by atoms with Crippen molar-refractivity contribution in [1.82, 2.24) is 5.32 Å². The smallest absolute Gasteiger partial charge is 0.250 e. The molecule has 0 spiro atoms. The summed E-state index contributed by atoms with van der Waals surface area (Å²) in [6, 6.07) is 6.44. The number of alkyl halides is 2. The monoisotopic (exact) mass is 413 g/mol. The van der Waals surface area contributed by atoms with E-state index in [0.717, 1.165) is 52.6 Å². The molecule has 0 aliphatic carbocycles. The van der Waals surface area contributed by atoms with Crippen molar-refractivity contribution in [3.8, 4) is 0 Å². The predicted octanol–water partition coefficient (Wildman–Crippen LogP) is 6.97. The summed E-state index contributed by atoms with van der Waals surface area (Å²) in [5, 5.41) is 3.23. The molecule has 0 radical (unpaired) electrons. The second-order valence-corrected chi connectivity index (χ2v) is 9.04. The summed E-state index contributed by atoms with van der Waals surface area (Å²) >= 11 is 0. The molecular weight excluding hydrogens is 375 g/mol. The molecule has 0 fully saturated rings. The number of nitrogens with one attached hydrogen (secondary N) is 1. The van der Waals surface area contributed by atoms with Gasteiger partial charge in [0, 0.05) is 11.6 Å². The molecule has 1 N–H and O–H groups in total. The van der Waals surface area contributed by atoms with E-state index >= 15 is 0 Å². The van der Waals surface area contributed by atoms with E-state index in [9.17, 15) is 8.78 Å². The van der Waals surface area contributed by atoms with Crippen LogP contribution in [0.5, 0.6) is 0 Å². The van der Waals surface area contributed by atoms with E-state index in [1.54, 1.807) is 0 Å². The molecule has 4 heteroatoms. The minimum Gasteiger partial charge on any atom is -0.393 e. The fourth-order valence-corrected chi connectivity index (χ4v) is 4.41. The van der Waals surface area contributed by atoms with Crippen LogP contribution in [-0.4, -0.2) is 19.1 Å². The van der Waals surface area contributed by atoms with Gasteiger partial charge in [-0.25, -0.2) is 8.78 Å². The summed E-state index contributed by atoms with van der Waals surface area (Å²) in [6.07, 6.45) is 9.58. The lowest BCUT2D eigenvalue weighted by Gasteiger charge is -2.29. The highest BCUT2D eigenvalue weighted by Gasteiger charge is 2.26. The van der Waals surface area contributed by atoms with Crippen molar-refractivity contribution >= 4 is 12.9 Å². The van der Waals surface area contributed by atoms with Crippen LogP contribution in [0.25, 0.3) is 5.57 Å². The second kappa shape index (κ2) is 11.5. The van der Waals surface area contributed by atoms with Gasteiger partial charge in [-0.15, -0.1) is 0 Å². The zero-order chi connectivity index (χ0) is 22.1. The Balaban J connectivity index is 1.88. The molecule has 0 amide bonds. The van der Waals surface area contributed by atoms with Crippen LogP contribution >= 0.6 is 0 Å². The van der Waals surface area contributed by atoms with E-state index in [0.29, 0.717) is 5.70 Å². The molecule has 0 bridgehead atoms. The zero-order valence-electron chi connectivity index (χ0n) is 19.0. The van der Waals surface area contributed by atoms with Gasteiger partial charge in [-0.1, -0.05) is 63.3 Å². The summed E-state index contributed by atoms with van der Waals surface area (Å²) < 4.78 is 26.4. The van der Waals surface area contributed by atoms with Crippen LogP contribution in [0.3, 0.4) is 0 Å². The zero-order valence-corrected chi connectivity index (χ0v) is 19.0. The molecule has 1 nitrogen and oxygen atoms in total. The summed E-state index contributed by atoms with van der Waals surface area (Å²) in [4.78, 5) is 0. The molecular formula is C26H38BF2N. The minimum atomic E-state index is -2.72. The molecule has 1 aliphatic rings. The minimum absolute atomic E-state index is 0.169. The number of hydrogen-bond donors (Lipinski definition) is 1. The maximum atomic E-state index is 13.2. The summed E-state index contributed by atoms with van der Waals surface area (Å²) in [6.45, 7) is 15.6. The van der Waals surface area contributed by atoms with Crippen molar-refractivity contribution in [3.05, 3.63) is 65.9 Å². The summed E-state index contributed by atoms with van der Waals surface area (Å²) in [5.74, 6) is -2.55. The lowest BCUT2D eigenvalue weighted by molar-refractivity contribution is 0.0211. The van der Waals surface area contributed by atoms with Gasteiger partial charge in [0.25, 0.3) is 5.92 Å². The molecule has 1 aliphatic heterocycles.